The van der Waals surface area contributed by atoms with Gasteiger partial charge in [-0.05, 0) is 12.1 Å². The summed E-state index contributed by atoms with van der Waals surface area (Å²) in [7, 11) is 0. The second-order valence-corrected chi connectivity index (χ2v) is 3.54. The Balaban J connectivity index is 2.76. The summed E-state index contributed by atoms with van der Waals surface area (Å²) in [6.45, 7) is 0. The van der Waals surface area contributed by atoms with Gasteiger partial charge in [0.25, 0.3) is 5.92 Å². The van der Waals surface area contributed by atoms with Crippen LogP contribution in [0.15, 0.2) is 24.3 Å². The smallest absolute Gasteiger partial charge is 0.303 e. The third-order valence-electron chi connectivity index (χ3n) is 1.92. The summed E-state index contributed by atoms with van der Waals surface area (Å²) in [4.78, 5) is 10.2. The highest BCUT2D eigenvalue weighted by atomic mass is 35.5. The highest BCUT2D eigenvalue weighted by Crippen LogP contribution is 2.33. The maximum absolute atomic E-state index is 13.3. The zero-order valence-electron chi connectivity index (χ0n) is 7.71. The van der Waals surface area contributed by atoms with Crippen molar-refractivity contribution in [2.24, 2.45) is 0 Å². The molecule has 0 aliphatic carbocycles. The summed E-state index contributed by atoms with van der Waals surface area (Å²) in [5.74, 6) is -4.35. The van der Waals surface area contributed by atoms with Crippen LogP contribution >= 0.6 is 11.6 Å². The van der Waals surface area contributed by atoms with Crippen LogP contribution in [0.1, 0.15) is 18.4 Å². The molecule has 0 bridgehead atoms. The van der Waals surface area contributed by atoms with Crippen LogP contribution < -0.4 is 0 Å². The maximum Gasteiger partial charge on any atom is 0.303 e. The Bertz CT molecular complexity index is 349. The van der Waals surface area contributed by atoms with Gasteiger partial charge in [0.1, 0.15) is 0 Å². The van der Waals surface area contributed by atoms with E-state index in [1.807, 2.05) is 0 Å². The molecule has 1 aromatic rings. The third-order valence-corrected chi connectivity index (χ3v) is 2.17. The molecule has 2 nitrogen and oxygen atoms in total. The maximum atomic E-state index is 13.3. The molecule has 82 valence electrons. The van der Waals surface area contributed by atoms with E-state index >= 15 is 0 Å². The number of benzene rings is 1. The Morgan fingerprint density at radius 1 is 1.33 bits per heavy atom. The van der Waals surface area contributed by atoms with Crippen molar-refractivity contribution in [3.63, 3.8) is 0 Å². The molecule has 1 N–H and O–H groups in total. The summed E-state index contributed by atoms with van der Waals surface area (Å²) < 4.78 is 26.7. The largest absolute Gasteiger partial charge is 0.481 e. The minimum absolute atomic E-state index is 0.215. The number of aliphatic carboxylic acids is 1. The van der Waals surface area contributed by atoms with E-state index in [1.54, 1.807) is 0 Å². The molecule has 15 heavy (non-hydrogen) atoms. The fourth-order valence-corrected chi connectivity index (χ4v) is 1.23. The average Bonchev–Trinajstić information content (AvgIpc) is 2.16. The number of alkyl halides is 2. The van der Waals surface area contributed by atoms with Crippen molar-refractivity contribution in [3.8, 4) is 0 Å². The van der Waals surface area contributed by atoms with Crippen molar-refractivity contribution in [1.29, 1.82) is 0 Å². The number of halogens is 3. The van der Waals surface area contributed by atoms with Gasteiger partial charge in [0.15, 0.2) is 0 Å². The molecule has 0 saturated heterocycles. The van der Waals surface area contributed by atoms with Crippen LogP contribution in [0.25, 0.3) is 0 Å². The van der Waals surface area contributed by atoms with Crippen LogP contribution in [0.3, 0.4) is 0 Å². The second-order valence-electron chi connectivity index (χ2n) is 3.11. The van der Waals surface area contributed by atoms with Crippen LogP contribution in [0.5, 0.6) is 0 Å². The number of carboxylic acid groups (broad SMARTS) is 1. The molecule has 0 saturated carbocycles. The molecular weight excluding hydrogens is 226 g/mol. The van der Waals surface area contributed by atoms with E-state index in [2.05, 4.69) is 0 Å². The summed E-state index contributed by atoms with van der Waals surface area (Å²) in [5.41, 5.74) is -0.215. The van der Waals surface area contributed by atoms with Crippen molar-refractivity contribution < 1.29 is 18.7 Å². The van der Waals surface area contributed by atoms with Crippen molar-refractivity contribution in [3.05, 3.63) is 34.9 Å². The van der Waals surface area contributed by atoms with Gasteiger partial charge < -0.3 is 5.11 Å². The van der Waals surface area contributed by atoms with Crippen LogP contribution in [-0.4, -0.2) is 11.1 Å². The lowest BCUT2D eigenvalue weighted by Gasteiger charge is -2.15. The number of carboxylic acids is 1. The van der Waals surface area contributed by atoms with Gasteiger partial charge in [0.2, 0.25) is 0 Å². The Morgan fingerprint density at radius 2 is 1.87 bits per heavy atom. The molecule has 1 rings (SSSR count). The Labute approximate surface area is 90.5 Å². The molecule has 0 aromatic heterocycles. The molecule has 5 heteroatoms. The van der Waals surface area contributed by atoms with E-state index in [0.717, 1.165) is 0 Å². The predicted octanol–water partition coefficient (Wildman–Crippen LogP) is 3.30. The summed E-state index contributed by atoms with van der Waals surface area (Å²) in [6, 6.07) is 5.10. The molecule has 0 radical (unpaired) electrons. The van der Waals surface area contributed by atoms with Crippen molar-refractivity contribution in [2.75, 3.05) is 0 Å². The van der Waals surface area contributed by atoms with E-state index in [-0.39, 0.29) is 5.56 Å². The van der Waals surface area contributed by atoms with Crippen molar-refractivity contribution >= 4 is 17.6 Å². The summed E-state index contributed by atoms with van der Waals surface area (Å²) in [5, 5.41) is 8.68. The van der Waals surface area contributed by atoms with Gasteiger partial charge >= 0.3 is 5.97 Å². The van der Waals surface area contributed by atoms with Gasteiger partial charge in [0.05, 0.1) is 6.42 Å². The molecule has 0 amide bonds. The molecule has 0 atom stereocenters. The van der Waals surface area contributed by atoms with E-state index < -0.39 is 24.7 Å². The molecule has 0 unspecified atom stereocenters. The molecule has 0 fully saturated rings. The van der Waals surface area contributed by atoms with Gasteiger partial charge in [-0.15, -0.1) is 0 Å². The number of rotatable bonds is 4. The number of carbonyl (C=O) groups is 1. The zero-order valence-corrected chi connectivity index (χ0v) is 8.47. The standard InChI is InChI=1S/C10H9ClF2O2/c11-8-3-1-7(2-4-8)10(12,13)6-5-9(14)15/h1-4H,5-6H2,(H,14,15). The fourth-order valence-electron chi connectivity index (χ4n) is 1.10. The highest BCUT2D eigenvalue weighted by molar-refractivity contribution is 6.30. The van der Waals surface area contributed by atoms with Crippen LogP contribution in [-0.2, 0) is 10.7 Å². The fraction of sp³-hybridized carbons (Fsp3) is 0.300. The molecule has 0 spiro atoms. The average molecular weight is 235 g/mol. The first kappa shape index (κ1) is 11.9. The minimum Gasteiger partial charge on any atom is -0.481 e. The predicted molar refractivity (Wildman–Crippen MR) is 52.2 cm³/mol. The monoisotopic (exact) mass is 234 g/mol. The molecule has 1 aromatic carbocycles. The number of hydrogen-bond acceptors (Lipinski definition) is 1. The molecule has 0 heterocycles. The first-order valence-corrected chi connectivity index (χ1v) is 4.65. The zero-order chi connectivity index (χ0) is 11.5. The topological polar surface area (TPSA) is 37.3 Å². The normalized spacial score (nSPS) is 11.4. The van der Waals surface area contributed by atoms with Gasteiger partial charge in [-0.25, -0.2) is 8.78 Å². The van der Waals surface area contributed by atoms with Crippen LogP contribution in [0.4, 0.5) is 8.78 Å². The second kappa shape index (κ2) is 4.57. The Hall–Kier alpha value is -1.16. The van der Waals surface area contributed by atoms with E-state index in [1.165, 1.54) is 24.3 Å². The van der Waals surface area contributed by atoms with Crippen LogP contribution in [0, 0.1) is 0 Å². The van der Waals surface area contributed by atoms with Crippen molar-refractivity contribution in [1.82, 2.24) is 0 Å². The Kier molecular flexibility index (Phi) is 3.63. The molecule has 0 aliphatic rings. The van der Waals surface area contributed by atoms with Crippen LogP contribution in [0.2, 0.25) is 5.02 Å². The quantitative estimate of drug-likeness (QED) is 0.868. The van der Waals surface area contributed by atoms with Gasteiger partial charge in [-0.1, -0.05) is 23.7 Å². The minimum atomic E-state index is -3.12. The third kappa shape index (κ3) is 3.47. The molecular formula is C10H9ClF2O2. The van der Waals surface area contributed by atoms with Gasteiger partial charge in [0, 0.05) is 17.0 Å². The first-order chi connectivity index (χ1) is 6.92. The van der Waals surface area contributed by atoms with Gasteiger partial charge in [-0.3, -0.25) is 4.79 Å². The Morgan fingerprint density at radius 3 is 2.33 bits per heavy atom. The highest BCUT2D eigenvalue weighted by Gasteiger charge is 2.31. The lowest BCUT2D eigenvalue weighted by molar-refractivity contribution is -0.139. The lowest BCUT2D eigenvalue weighted by Crippen LogP contribution is -2.15. The lowest BCUT2D eigenvalue weighted by atomic mass is 10.0. The summed E-state index contributed by atoms with van der Waals surface area (Å²) in [6.07, 6.45) is -1.26. The molecule has 0 aliphatic heterocycles. The summed E-state index contributed by atoms with van der Waals surface area (Å²) >= 11 is 5.55. The van der Waals surface area contributed by atoms with E-state index in [9.17, 15) is 13.6 Å². The van der Waals surface area contributed by atoms with E-state index in [4.69, 9.17) is 16.7 Å². The number of hydrogen-bond donors (Lipinski definition) is 1. The van der Waals surface area contributed by atoms with E-state index in [0.29, 0.717) is 5.02 Å². The van der Waals surface area contributed by atoms with Gasteiger partial charge in [-0.2, -0.15) is 0 Å². The SMILES string of the molecule is O=C(O)CCC(F)(F)c1ccc(Cl)cc1. The van der Waals surface area contributed by atoms with Crippen molar-refractivity contribution in [2.45, 2.75) is 18.8 Å². The first-order valence-electron chi connectivity index (χ1n) is 4.27.